The molecule has 0 atom stereocenters. The van der Waals surface area contributed by atoms with Crippen molar-refractivity contribution in [2.24, 2.45) is 0 Å². The molecule has 14 heavy (non-hydrogen) atoms. The third-order valence-electron chi connectivity index (χ3n) is 2.60. The fraction of sp³-hybridized carbons (Fsp3) is 0.700. The largest absolute Gasteiger partial charge is 0.328 e. The van der Waals surface area contributed by atoms with Gasteiger partial charge in [-0.05, 0) is 25.7 Å². The molecule has 1 saturated carbocycles. The standard InChI is InChI=1S/C10H15ClN2O/c11-5-1-2-6-12-7-8-13(10(12)14)9-3-4-9/h7-9H,1-6H2. The first-order valence-corrected chi connectivity index (χ1v) is 5.69. The number of hydrogen-bond acceptors (Lipinski definition) is 1. The summed E-state index contributed by atoms with van der Waals surface area (Å²) < 4.78 is 3.63. The lowest BCUT2D eigenvalue weighted by Crippen LogP contribution is -2.23. The number of hydrogen-bond donors (Lipinski definition) is 0. The molecule has 1 fully saturated rings. The summed E-state index contributed by atoms with van der Waals surface area (Å²) in [5.41, 5.74) is 0.141. The minimum absolute atomic E-state index is 0.141. The lowest BCUT2D eigenvalue weighted by molar-refractivity contribution is 0.587. The van der Waals surface area contributed by atoms with Crippen LogP contribution in [0.1, 0.15) is 31.7 Å². The summed E-state index contributed by atoms with van der Waals surface area (Å²) in [7, 11) is 0. The lowest BCUT2D eigenvalue weighted by Gasteiger charge is -1.99. The normalized spacial score (nSPS) is 16.1. The van der Waals surface area contributed by atoms with E-state index in [1.807, 2.05) is 17.0 Å². The maximum Gasteiger partial charge on any atom is 0.328 e. The van der Waals surface area contributed by atoms with Gasteiger partial charge in [0.2, 0.25) is 0 Å². The van der Waals surface area contributed by atoms with E-state index < -0.39 is 0 Å². The van der Waals surface area contributed by atoms with E-state index in [0.29, 0.717) is 11.9 Å². The summed E-state index contributed by atoms with van der Waals surface area (Å²) in [4.78, 5) is 11.7. The van der Waals surface area contributed by atoms with E-state index in [0.717, 1.165) is 32.2 Å². The molecule has 0 N–H and O–H groups in total. The van der Waals surface area contributed by atoms with Gasteiger partial charge in [0.05, 0.1) is 0 Å². The topological polar surface area (TPSA) is 26.9 Å². The van der Waals surface area contributed by atoms with Crippen LogP contribution in [-0.2, 0) is 6.54 Å². The Labute approximate surface area is 88.3 Å². The van der Waals surface area contributed by atoms with Crippen molar-refractivity contribution < 1.29 is 0 Å². The first-order chi connectivity index (χ1) is 6.83. The smallest absolute Gasteiger partial charge is 0.299 e. The first kappa shape index (κ1) is 9.84. The molecule has 78 valence electrons. The lowest BCUT2D eigenvalue weighted by atomic mass is 10.3. The summed E-state index contributed by atoms with van der Waals surface area (Å²) in [6, 6.07) is 0.483. The average molecular weight is 215 g/mol. The fourth-order valence-corrected chi connectivity index (χ4v) is 1.79. The van der Waals surface area contributed by atoms with E-state index in [9.17, 15) is 4.79 Å². The van der Waals surface area contributed by atoms with Crippen LogP contribution in [0.15, 0.2) is 17.2 Å². The average Bonchev–Trinajstić information content (AvgIpc) is 2.95. The fourth-order valence-electron chi connectivity index (χ4n) is 1.61. The second kappa shape index (κ2) is 4.22. The van der Waals surface area contributed by atoms with Gasteiger partial charge in [-0.1, -0.05) is 0 Å². The van der Waals surface area contributed by atoms with Gasteiger partial charge in [0.25, 0.3) is 0 Å². The molecule has 2 rings (SSSR count). The zero-order chi connectivity index (χ0) is 9.97. The van der Waals surface area contributed by atoms with E-state index in [1.54, 1.807) is 4.57 Å². The van der Waals surface area contributed by atoms with Crippen LogP contribution in [-0.4, -0.2) is 15.0 Å². The van der Waals surface area contributed by atoms with Crippen LogP contribution >= 0.6 is 11.6 Å². The van der Waals surface area contributed by atoms with Crippen molar-refractivity contribution in [1.29, 1.82) is 0 Å². The number of rotatable bonds is 5. The van der Waals surface area contributed by atoms with Crippen LogP contribution in [0, 0.1) is 0 Å². The van der Waals surface area contributed by atoms with Crippen molar-refractivity contribution in [3.63, 3.8) is 0 Å². The van der Waals surface area contributed by atoms with Gasteiger partial charge in [0, 0.05) is 30.9 Å². The second-order valence-corrected chi connectivity index (χ2v) is 4.19. The Bertz CT molecular complexity index is 351. The molecule has 0 bridgehead atoms. The Hall–Kier alpha value is -0.700. The Balaban J connectivity index is 2.00. The summed E-state index contributed by atoms with van der Waals surface area (Å²) in [6.45, 7) is 0.797. The number of nitrogens with zero attached hydrogens (tertiary/aromatic N) is 2. The van der Waals surface area contributed by atoms with Crippen LogP contribution in [0.2, 0.25) is 0 Å². The number of alkyl halides is 1. The minimum Gasteiger partial charge on any atom is -0.299 e. The molecule has 1 aromatic heterocycles. The van der Waals surface area contributed by atoms with Gasteiger partial charge in [-0.15, -0.1) is 11.6 Å². The van der Waals surface area contributed by atoms with Gasteiger partial charge < -0.3 is 0 Å². The van der Waals surface area contributed by atoms with Gasteiger partial charge in [0.1, 0.15) is 0 Å². The third kappa shape index (κ3) is 2.03. The van der Waals surface area contributed by atoms with E-state index in [-0.39, 0.29) is 5.69 Å². The molecule has 1 aliphatic rings. The molecule has 0 radical (unpaired) electrons. The Morgan fingerprint density at radius 1 is 1.36 bits per heavy atom. The zero-order valence-electron chi connectivity index (χ0n) is 8.16. The molecule has 0 unspecified atom stereocenters. The van der Waals surface area contributed by atoms with Crippen LogP contribution in [0.5, 0.6) is 0 Å². The van der Waals surface area contributed by atoms with Crippen LogP contribution in [0.4, 0.5) is 0 Å². The number of unbranched alkanes of at least 4 members (excludes halogenated alkanes) is 1. The highest BCUT2D eigenvalue weighted by Gasteiger charge is 2.25. The van der Waals surface area contributed by atoms with Gasteiger partial charge >= 0.3 is 5.69 Å². The van der Waals surface area contributed by atoms with E-state index in [4.69, 9.17) is 11.6 Å². The van der Waals surface area contributed by atoms with Gasteiger partial charge in [-0.25, -0.2) is 4.79 Å². The van der Waals surface area contributed by atoms with E-state index in [1.165, 1.54) is 0 Å². The van der Waals surface area contributed by atoms with Gasteiger partial charge in [-0.2, -0.15) is 0 Å². The number of imidazole rings is 1. The van der Waals surface area contributed by atoms with Crippen molar-refractivity contribution in [2.75, 3.05) is 5.88 Å². The number of halogens is 1. The molecule has 1 aliphatic carbocycles. The maximum atomic E-state index is 11.7. The minimum atomic E-state index is 0.141. The summed E-state index contributed by atoms with van der Waals surface area (Å²) in [6.07, 6.45) is 8.06. The molecule has 0 saturated heterocycles. The van der Waals surface area contributed by atoms with Crippen molar-refractivity contribution in [3.05, 3.63) is 22.9 Å². The van der Waals surface area contributed by atoms with Crippen molar-refractivity contribution in [3.8, 4) is 0 Å². The number of aromatic nitrogens is 2. The molecule has 1 aromatic rings. The van der Waals surface area contributed by atoms with Crippen molar-refractivity contribution in [1.82, 2.24) is 9.13 Å². The predicted molar refractivity (Wildman–Crippen MR) is 56.9 cm³/mol. The Morgan fingerprint density at radius 2 is 2.14 bits per heavy atom. The molecule has 4 heteroatoms. The molecule has 0 aromatic carbocycles. The van der Waals surface area contributed by atoms with E-state index in [2.05, 4.69) is 0 Å². The van der Waals surface area contributed by atoms with Crippen LogP contribution < -0.4 is 5.69 Å². The van der Waals surface area contributed by atoms with E-state index >= 15 is 0 Å². The third-order valence-corrected chi connectivity index (χ3v) is 2.86. The molecule has 1 heterocycles. The maximum absolute atomic E-state index is 11.7. The molecule has 3 nitrogen and oxygen atoms in total. The van der Waals surface area contributed by atoms with Crippen LogP contribution in [0.3, 0.4) is 0 Å². The molecular weight excluding hydrogens is 200 g/mol. The molecular formula is C10H15ClN2O. The van der Waals surface area contributed by atoms with Crippen molar-refractivity contribution in [2.45, 2.75) is 38.3 Å². The van der Waals surface area contributed by atoms with Crippen LogP contribution in [0.25, 0.3) is 0 Å². The second-order valence-electron chi connectivity index (χ2n) is 3.81. The first-order valence-electron chi connectivity index (χ1n) is 5.16. The summed E-state index contributed by atoms with van der Waals surface area (Å²) >= 11 is 5.58. The molecule has 0 amide bonds. The Kier molecular flexibility index (Phi) is 2.96. The quantitative estimate of drug-likeness (QED) is 0.544. The summed E-state index contributed by atoms with van der Waals surface area (Å²) in [5.74, 6) is 0.679. The predicted octanol–water partition coefficient (Wildman–Crippen LogP) is 2.00. The summed E-state index contributed by atoms with van der Waals surface area (Å²) in [5, 5.41) is 0. The Morgan fingerprint density at radius 3 is 2.79 bits per heavy atom. The van der Waals surface area contributed by atoms with Gasteiger partial charge in [-0.3, -0.25) is 9.13 Å². The SMILES string of the molecule is O=c1n(CCCCCl)ccn1C1CC1. The number of aryl methyl sites for hydroxylation is 1. The van der Waals surface area contributed by atoms with Crippen molar-refractivity contribution >= 4 is 11.6 Å². The molecule has 0 spiro atoms. The highest BCUT2D eigenvalue weighted by Crippen LogP contribution is 2.33. The molecule has 0 aliphatic heterocycles. The zero-order valence-corrected chi connectivity index (χ0v) is 8.91. The highest BCUT2D eigenvalue weighted by molar-refractivity contribution is 6.17. The van der Waals surface area contributed by atoms with Gasteiger partial charge in [0.15, 0.2) is 0 Å². The highest BCUT2D eigenvalue weighted by atomic mass is 35.5. The monoisotopic (exact) mass is 214 g/mol.